The van der Waals surface area contributed by atoms with Crippen molar-refractivity contribution in [2.45, 2.75) is 12.8 Å². The molecule has 1 radical (unpaired) electrons. The Bertz CT molecular complexity index is 102. The maximum absolute atomic E-state index is 10.3. The van der Waals surface area contributed by atoms with Crippen LogP contribution in [-0.2, 0) is 14.3 Å². The summed E-state index contributed by atoms with van der Waals surface area (Å²) in [6.07, 6.45) is 1.71. The molecule has 3 nitrogen and oxygen atoms in total. The standard InChI is InChI=1S/C5H6ClO3/c6-4-9-5(8)2-1-3-7/h1-2,4H2. The molecule has 0 aromatic carbocycles. The average molecular weight is 150 g/mol. The van der Waals surface area contributed by atoms with E-state index >= 15 is 0 Å². The Morgan fingerprint density at radius 3 is 2.78 bits per heavy atom. The molecule has 0 bridgehead atoms. The zero-order valence-electron chi connectivity index (χ0n) is 4.72. The molecule has 0 heterocycles. The third kappa shape index (κ3) is 5.30. The van der Waals surface area contributed by atoms with Gasteiger partial charge in [-0.25, -0.2) is 0 Å². The molecule has 0 aliphatic carbocycles. The van der Waals surface area contributed by atoms with Crippen LogP contribution in [-0.4, -0.2) is 18.3 Å². The first-order valence-corrected chi connectivity index (χ1v) is 2.91. The molecule has 0 aliphatic rings. The molecule has 0 N–H and O–H groups in total. The number of ether oxygens (including phenoxy) is 1. The van der Waals surface area contributed by atoms with Crippen molar-refractivity contribution in [3.05, 3.63) is 0 Å². The minimum absolute atomic E-state index is 0.0657. The van der Waals surface area contributed by atoms with Gasteiger partial charge >= 0.3 is 5.97 Å². The van der Waals surface area contributed by atoms with Crippen molar-refractivity contribution >= 4 is 23.9 Å². The number of carbonyl (C=O) groups excluding carboxylic acids is 2. The Morgan fingerprint density at radius 1 is 1.67 bits per heavy atom. The molecule has 0 spiro atoms. The summed E-state index contributed by atoms with van der Waals surface area (Å²) in [5.41, 5.74) is 0. The number of esters is 1. The van der Waals surface area contributed by atoms with Gasteiger partial charge in [0.05, 0.1) is 6.42 Å². The fraction of sp³-hybridized carbons (Fsp3) is 0.600. The SMILES string of the molecule is O=[C]CCC(=O)OCCl. The second-order valence-electron chi connectivity index (χ2n) is 1.27. The zero-order chi connectivity index (χ0) is 7.11. The monoisotopic (exact) mass is 149 g/mol. The summed E-state index contributed by atoms with van der Waals surface area (Å²) in [6.45, 7) is 0. The molecule has 0 rings (SSSR count). The Hall–Kier alpha value is -0.570. The second kappa shape index (κ2) is 5.56. The molecule has 9 heavy (non-hydrogen) atoms. The minimum atomic E-state index is -0.464. The smallest absolute Gasteiger partial charge is 0.307 e. The molecular weight excluding hydrogens is 144 g/mol. The largest absolute Gasteiger partial charge is 0.449 e. The van der Waals surface area contributed by atoms with E-state index in [2.05, 4.69) is 4.74 Å². The summed E-state index contributed by atoms with van der Waals surface area (Å²) in [5.74, 6) is -0.464. The summed E-state index contributed by atoms with van der Waals surface area (Å²) >= 11 is 5.03. The molecule has 0 amide bonds. The van der Waals surface area contributed by atoms with Crippen LogP contribution in [0.25, 0.3) is 0 Å². The maximum Gasteiger partial charge on any atom is 0.307 e. The molecule has 0 saturated carbocycles. The fourth-order valence-electron chi connectivity index (χ4n) is 0.286. The minimum Gasteiger partial charge on any atom is -0.449 e. The van der Waals surface area contributed by atoms with Crippen LogP contribution in [0.5, 0.6) is 0 Å². The maximum atomic E-state index is 10.3. The van der Waals surface area contributed by atoms with E-state index in [1.807, 2.05) is 0 Å². The lowest BCUT2D eigenvalue weighted by Gasteiger charge is -1.94. The summed E-state index contributed by atoms with van der Waals surface area (Å²) < 4.78 is 4.29. The van der Waals surface area contributed by atoms with Crippen LogP contribution >= 0.6 is 11.6 Å². The first kappa shape index (κ1) is 8.43. The molecule has 0 fully saturated rings. The van der Waals surface area contributed by atoms with Crippen LogP contribution in [0.1, 0.15) is 12.8 Å². The Balaban J connectivity index is 3.16. The summed E-state index contributed by atoms with van der Waals surface area (Å²) in [5, 5.41) is 0. The molecular formula is C5H6ClO3. The Morgan fingerprint density at radius 2 is 2.33 bits per heavy atom. The van der Waals surface area contributed by atoms with E-state index in [-0.39, 0.29) is 18.9 Å². The van der Waals surface area contributed by atoms with Gasteiger partial charge in [-0.1, -0.05) is 11.6 Å². The van der Waals surface area contributed by atoms with Crippen molar-refractivity contribution in [1.29, 1.82) is 0 Å². The van der Waals surface area contributed by atoms with Crippen molar-refractivity contribution < 1.29 is 14.3 Å². The van der Waals surface area contributed by atoms with Gasteiger partial charge in [0.25, 0.3) is 0 Å². The third-order valence-corrected chi connectivity index (χ3v) is 0.756. The van der Waals surface area contributed by atoms with Gasteiger partial charge in [-0.05, 0) is 0 Å². The highest BCUT2D eigenvalue weighted by molar-refractivity contribution is 6.17. The van der Waals surface area contributed by atoms with Crippen molar-refractivity contribution in [2.75, 3.05) is 6.07 Å². The molecule has 0 aromatic heterocycles. The predicted octanol–water partition coefficient (Wildman–Crippen LogP) is 0.616. The van der Waals surface area contributed by atoms with E-state index in [0.29, 0.717) is 0 Å². The van der Waals surface area contributed by atoms with Gasteiger partial charge in [-0.15, -0.1) is 0 Å². The number of alkyl halides is 1. The predicted molar refractivity (Wildman–Crippen MR) is 31.7 cm³/mol. The van der Waals surface area contributed by atoms with Crippen LogP contribution < -0.4 is 0 Å². The van der Waals surface area contributed by atoms with Crippen LogP contribution in [0.3, 0.4) is 0 Å². The first-order chi connectivity index (χ1) is 4.31. The number of hydrogen-bond acceptors (Lipinski definition) is 3. The van der Waals surface area contributed by atoms with Gasteiger partial charge in [0.1, 0.15) is 0 Å². The number of rotatable bonds is 4. The van der Waals surface area contributed by atoms with Crippen molar-refractivity contribution in [3.8, 4) is 0 Å². The van der Waals surface area contributed by atoms with Crippen molar-refractivity contribution in [3.63, 3.8) is 0 Å². The Kier molecular flexibility index (Phi) is 5.21. The summed E-state index contributed by atoms with van der Waals surface area (Å²) in [7, 11) is 0. The lowest BCUT2D eigenvalue weighted by molar-refractivity contribution is -0.141. The molecule has 4 heteroatoms. The van der Waals surface area contributed by atoms with E-state index in [9.17, 15) is 9.59 Å². The number of halogens is 1. The number of carbonyl (C=O) groups is 1. The highest BCUT2D eigenvalue weighted by Gasteiger charge is 1.99. The van der Waals surface area contributed by atoms with Gasteiger partial charge in [0.2, 0.25) is 0 Å². The lowest BCUT2D eigenvalue weighted by Crippen LogP contribution is -2.02. The van der Waals surface area contributed by atoms with Crippen molar-refractivity contribution in [1.82, 2.24) is 0 Å². The molecule has 0 atom stereocenters. The molecule has 0 unspecified atom stereocenters. The van der Waals surface area contributed by atoms with Crippen LogP contribution in [0.15, 0.2) is 0 Å². The topological polar surface area (TPSA) is 43.4 Å². The van der Waals surface area contributed by atoms with Crippen LogP contribution in [0, 0.1) is 0 Å². The van der Waals surface area contributed by atoms with E-state index in [1.54, 1.807) is 6.29 Å². The molecule has 0 aliphatic heterocycles. The van der Waals surface area contributed by atoms with Gasteiger partial charge in [0.15, 0.2) is 12.4 Å². The first-order valence-electron chi connectivity index (χ1n) is 2.38. The molecule has 0 aromatic rings. The van der Waals surface area contributed by atoms with E-state index < -0.39 is 5.97 Å². The van der Waals surface area contributed by atoms with Gasteiger partial charge < -0.3 is 4.74 Å². The van der Waals surface area contributed by atoms with Crippen LogP contribution in [0.2, 0.25) is 0 Å². The fourth-order valence-corrected chi connectivity index (χ4v) is 0.408. The lowest BCUT2D eigenvalue weighted by atomic mass is 10.3. The van der Waals surface area contributed by atoms with Crippen LogP contribution in [0.4, 0.5) is 0 Å². The number of hydrogen-bond donors (Lipinski definition) is 0. The quantitative estimate of drug-likeness (QED) is 0.435. The van der Waals surface area contributed by atoms with E-state index in [0.717, 1.165) is 0 Å². The zero-order valence-corrected chi connectivity index (χ0v) is 5.48. The highest BCUT2D eigenvalue weighted by atomic mass is 35.5. The average Bonchev–Trinajstić information content (AvgIpc) is 1.85. The van der Waals surface area contributed by atoms with Gasteiger partial charge in [0, 0.05) is 6.42 Å². The molecule has 51 valence electrons. The summed E-state index contributed by atoms with van der Waals surface area (Å²) in [4.78, 5) is 19.9. The Labute approximate surface area is 57.9 Å². The summed E-state index contributed by atoms with van der Waals surface area (Å²) in [6, 6.07) is -0.155. The second-order valence-corrected chi connectivity index (χ2v) is 1.49. The van der Waals surface area contributed by atoms with Gasteiger partial charge in [-0.2, -0.15) is 0 Å². The normalized spacial score (nSPS) is 8.56. The molecule has 0 saturated heterocycles. The van der Waals surface area contributed by atoms with Crippen molar-refractivity contribution in [2.24, 2.45) is 0 Å². The van der Waals surface area contributed by atoms with E-state index in [1.165, 1.54) is 0 Å². The van der Waals surface area contributed by atoms with Gasteiger partial charge in [-0.3, -0.25) is 9.59 Å². The highest BCUT2D eigenvalue weighted by Crippen LogP contribution is 1.90. The van der Waals surface area contributed by atoms with E-state index in [4.69, 9.17) is 11.6 Å². The third-order valence-electron chi connectivity index (χ3n) is 0.647.